The van der Waals surface area contributed by atoms with Gasteiger partial charge in [-0.15, -0.1) is 0 Å². The topological polar surface area (TPSA) is 3.24 Å². The van der Waals surface area contributed by atoms with Crippen molar-refractivity contribution in [1.82, 2.24) is 0 Å². The van der Waals surface area contributed by atoms with Crippen LogP contribution in [0, 0.1) is 0 Å². The van der Waals surface area contributed by atoms with E-state index in [-0.39, 0.29) is 0 Å². The molecule has 0 aliphatic heterocycles. The first-order valence-corrected chi connectivity index (χ1v) is 6.70. The molecule has 0 saturated heterocycles. The highest BCUT2D eigenvalue weighted by molar-refractivity contribution is 5.55. The van der Waals surface area contributed by atoms with E-state index in [1.165, 1.54) is 17.0 Å². The second-order valence-corrected chi connectivity index (χ2v) is 4.92. The van der Waals surface area contributed by atoms with Crippen molar-refractivity contribution in [1.29, 1.82) is 0 Å². The van der Waals surface area contributed by atoms with E-state index in [9.17, 15) is 0 Å². The molecule has 0 bridgehead atoms. The maximum absolute atomic E-state index is 3.80. The molecule has 0 amide bonds. The summed E-state index contributed by atoms with van der Waals surface area (Å²) in [6, 6.07) is 10.9. The monoisotopic (exact) mass is 251 g/mol. The first-order chi connectivity index (χ1) is 9.22. The Bertz CT molecular complexity index is 520. The van der Waals surface area contributed by atoms with Crippen LogP contribution in [0.5, 0.6) is 0 Å². The summed E-state index contributed by atoms with van der Waals surface area (Å²) < 4.78 is 0. The Morgan fingerprint density at radius 3 is 2.68 bits per heavy atom. The standard InChI is InChI=1S/C18H21N/c1-4-9-16(3)19(17-11-6-5-7-12-17)18-13-8-10-15(2)14-18/h4-13,18H,1,14H2,2-3H3/b16-9+. The molecule has 2 rings (SSSR count). The van der Waals surface area contributed by atoms with E-state index in [4.69, 9.17) is 0 Å². The lowest BCUT2D eigenvalue weighted by Crippen LogP contribution is -2.33. The number of benzene rings is 1. The summed E-state index contributed by atoms with van der Waals surface area (Å²) in [5, 5.41) is 0. The zero-order valence-corrected chi connectivity index (χ0v) is 11.7. The normalized spacial score (nSPS) is 18.9. The zero-order valence-electron chi connectivity index (χ0n) is 11.7. The lowest BCUT2D eigenvalue weighted by molar-refractivity contribution is 0.729. The summed E-state index contributed by atoms with van der Waals surface area (Å²) in [4.78, 5) is 2.37. The Morgan fingerprint density at radius 2 is 2.05 bits per heavy atom. The van der Waals surface area contributed by atoms with Crippen LogP contribution in [-0.4, -0.2) is 6.04 Å². The van der Waals surface area contributed by atoms with Gasteiger partial charge in [0.15, 0.2) is 0 Å². The molecule has 0 aromatic heterocycles. The predicted octanol–water partition coefficient (Wildman–Crippen LogP) is 4.86. The molecule has 1 unspecified atom stereocenters. The summed E-state index contributed by atoms with van der Waals surface area (Å²) in [6.45, 7) is 8.13. The molecule has 0 radical (unpaired) electrons. The molecule has 1 aromatic carbocycles. The Kier molecular flexibility index (Phi) is 4.40. The first-order valence-electron chi connectivity index (χ1n) is 6.70. The van der Waals surface area contributed by atoms with Gasteiger partial charge in [0.05, 0.1) is 6.04 Å². The third kappa shape index (κ3) is 3.25. The lowest BCUT2D eigenvalue weighted by atomic mass is 9.99. The van der Waals surface area contributed by atoms with Gasteiger partial charge < -0.3 is 4.90 Å². The second kappa shape index (κ2) is 6.24. The van der Waals surface area contributed by atoms with Crippen molar-refractivity contribution >= 4 is 5.69 Å². The van der Waals surface area contributed by atoms with Crippen molar-refractivity contribution in [2.24, 2.45) is 0 Å². The minimum atomic E-state index is 0.378. The molecule has 19 heavy (non-hydrogen) atoms. The Hall–Kier alpha value is -2.02. The lowest BCUT2D eigenvalue weighted by Gasteiger charge is -2.34. The number of rotatable bonds is 4. The molecule has 0 fully saturated rings. The molecule has 1 nitrogen and oxygen atoms in total. The fourth-order valence-electron chi connectivity index (χ4n) is 2.49. The number of hydrogen-bond donors (Lipinski definition) is 0. The van der Waals surface area contributed by atoms with E-state index in [0.29, 0.717) is 6.04 Å². The zero-order chi connectivity index (χ0) is 13.7. The quantitative estimate of drug-likeness (QED) is 0.691. The van der Waals surface area contributed by atoms with Gasteiger partial charge in [0.25, 0.3) is 0 Å². The molecular formula is C18H21N. The maximum Gasteiger partial charge on any atom is 0.0559 e. The van der Waals surface area contributed by atoms with E-state index >= 15 is 0 Å². The molecule has 1 heteroatoms. The van der Waals surface area contributed by atoms with Gasteiger partial charge in [-0.25, -0.2) is 0 Å². The number of nitrogens with zero attached hydrogens (tertiary/aromatic N) is 1. The molecular weight excluding hydrogens is 230 g/mol. The molecule has 1 atom stereocenters. The van der Waals surface area contributed by atoms with Crippen molar-refractivity contribution in [3.05, 3.63) is 78.6 Å². The minimum Gasteiger partial charge on any atom is -0.338 e. The summed E-state index contributed by atoms with van der Waals surface area (Å²) in [6.07, 6.45) is 11.6. The third-order valence-electron chi connectivity index (χ3n) is 3.35. The Morgan fingerprint density at radius 1 is 1.32 bits per heavy atom. The predicted molar refractivity (Wildman–Crippen MR) is 84.2 cm³/mol. The van der Waals surface area contributed by atoms with Gasteiger partial charge in [0.2, 0.25) is 0 Å². The highest BCUT2D eigenvalue weighted by Crippen LogP contribution is 2.27. The van der Waals surface area contributed by atoms with Gasteiger partial charge in [-0.2, -0.15) is 0 Å². The average molecular weight is 251 g/mol. The van der Waals surface area contributed by atoms with Gasteiger partial charge in [-0.05, 0) is 38.5 Å². The summed E-state index contributed by atoms with van der Waals surface area (Å²) in [5.74, 6) is 0. The van der Waals surface area contributed by atoms with Crippen molar-refractivity contribution in [3.63, 3.8) is 0 Å². The van der Waals surface area contributed by atoms with Crippen LogP contribution in [0.15, 0.2) is 78.6 Å². The number of hydrogen-bond acceptors (Lipinski definition) is 1. The van der Waals surface area contributed by atoms with Gasteiger partial charge in [0.1, 0.15) is 0 Å². The van der Waals surface area contributed by atoms with Crippen LogP contribution in [-0.2, 0) is 0 Å². The van der Waals surface area contributed by atoms with E-state index in [2.05, 4.69) is 80.0 Å². The molecule has 98 valence electrons. The number of para-hydroxylation sites is 1. The highest BCUT2D eigenvalue weighted by atomic mass is 15.2. The first kappa shape index (κ1) is 13.4. The van der Waals surface area contributed by atoms with E-state index in [1.807, 2.05) is 6.08 Å². The van der Waals surface area contributed by atoms with Crippen molar-refractivity contribution in [2.45, 2.75) is 26.3 Å². The van der Waals surface area contributed by atoms with Crippen LogP contribution >= 0.6 is 0 Å². The van der Waals surface area contributed by atoms with E-state index < -0.39 is 0 Å². The van der Waals surface area contributed by atoms with Gasteiger partial charge in [-0.3, -0.25) is 0 Å². The molecule has 0 N–H and O–H groups in total. The Balaban J connectivity index is 2.36. The van der Waals surface area contributed by atoms with Crippen LogP contribution in [0.2, 0.25) is 0 Å². The maximum atomic E-state index is 3.80. The molecule has 1 aliphatic rings. The van der Waals surface area contributed by atoms with Crippen LogP contribution in [0.4, 0.5) is 5.69 Å². The van der Waals surface area contributed by atoms with Crippen LogP contribution in [0.1, 0.15) is 20.3 Å². The van der Waals surface area contributed by atoms with Crippen molar-refractivity contribution in [2.75, 3.05) is 4.90 Å². The largest absolute Gasteiger partial charge is 0.338 e. The van der Waals surface area contributed by atoms with Crippen LogP contribution in [0.25, 0.3) is 0 Å². The van der Waals surface area contributed by atoms with Crippen LogP contribution < -0.4 is 4.90 Å². The second-order valence-electron chi connectivity index (χ2n) is 4.92. The van der Waals surface area contributed by atoms with Crippen molar-refractivity contribution in [3.8, 4) is 0 Å². The molecule has 0 heterocycles. The molecule has 0 spiro atoms. The minimum absolute atomic E-state index is 0.378. The van der Waals surface area contributed by atoms with Gasteiger partial charge in [-0.1, -0.05) is 54.7 Å². The summed E-state index contributed by atoms with van der Waals surface area (Å²) in [5.41, 5.74) is 3.85. The Labute approximate surface area is 116 Å². The van der Waals surface area contributed by atoms with Crippen molar-refractivity contribution < 1.29 is 0 Å². The van der Waals surface area contributed by atoms with E-state index in [1.54, 1.807) is 0 Å². The summed E-state index contributed by atoms with van der Waals surface area (Å²) >= 11 is 0. The third-order valence-corrected chi connectivity index (χ3v) is 3.35. The molecule has 1 aromatic rings. The highest BCUT2D eigenvalue weighted by Gasteiger charge is 2.19. The fourth-order valence-corrected chi connectivity index (χ4v) is 2.49. The average Bonchev–Trinajstić information content (AvgIpc) is 2.40. The number of anilines is 1. The van der Waals surface area contributed by atoms with E-state index in [0.717, 1.165) is 6.42 Å². The fraction of sp³-hybridized carbons (Fsp3) is 0.222. The number of allylic oxidation sites excluding steroid dienone is 5. The summed E-state index contributed by atoms with van der Waals surface area (Å²) in [7, 11) is 0. The molecule has 0 saturated carbocycles. The van der Waals surface area contributed by atoms with Crippen LogP contribution in [0.3, 0.4) is 0 Å². The molecule has 1 aliphatic carbocycles. The smallest absolute Gasteiger partial charge is 0.0559 e. The van der Waals surface area contributed by atoms with Gasteiger partial charge >= 0.3 is 0 Å². The SMILES string of the molecule is C=C/C=C(\C)N(c1ccccc1)C1C=CC=C(C)C1. The van der Waals surface area contributed by atoms with Gasteiger partial charge in [0, 0.05) is 11.4 Å².